The summed E-state index contributed by atoms with van der Waals surface area (Å²) in [5.74, 6) is -3.98. The van der Waals surface area contributed by atoms with Crippen LogP contribution in [-0.4, -0.2) is 73.4 Å². The summed E-state index contributed by atoms with van der Waals surface area (Å²) in [5, 5.41) is 3.24. The number of carbonyl (C=O) groups excluding carboxylic acids is 1. The molecule has 0 aliphatic carbocycles. The molecule has 23 heavy (non-hydrogen) atoms. The van der Waals surface area contributed by atoms with Gasteiger partial charge in [-0.3, -0.25) is 9.69 Å². The molecule has 0 spiro atoms. The molecular formula is C13H23Cl2F4N3O. The lowest BCUT2D eigenvalue weighted by Crippen LogP contribution is -2.53. The van der Waals surface area contributed by atoms with Gasteiger partial charge in [0.1, 0.15) is 0 Å². The molecule has 1 N–H and O–H groups in total. The molecule has 1 atom stereocenters. The molecule has 138 valence electrons. The summed E-state index contributed by atoms with van der Waals surface area (Å²) in [7, 11) is 0. The molecule has 10 heteroatoms. The quantitative estimate of drug-likeness (QED) is 0.737. The van der Waals surface area contributed by atoms with Crippen LogP contribution in [0.3, 0.4) is 0 Å². The molecule has 0 bridgehead atoms. The largest absolute Gasteiger partial charge is 0.340 e. The van der Waals surface area contributed by atoms with Gasteiger partial charge in [0.05, 0.1) is 6.54 Å². The molecule has 1 amide bonds. The van der Waals surface area contributed by atoms with Crippen molar-refractivity contribution in [1.82, 2.24) is 15.1 Å². The van der Waals surface area contributed by atoms with Crippen molar-refractivity contribution >= 4 is 30.7 Å². The molecule has 0 aromatic carbocycles. The molecule has 2 aliphatic rings. The monoisotopic (exact) mass is 383 g/mol. The van der Waals surface area contributed by atoms with E-state index in [1.54, 1.807) is 4.90 Å². The number of carbonyl (C=O) groups is 1. The minimum atomic E-state index is -3.99. The summed E-state index contributed by atoms with van der Waals surface area (Å²) >= 11 is 0. The van der Waals surface area contributed by atoms with Crippen LogP contribution >= 0.6 is 24.8 Å². The third kappa shape index (κ3) is 6.60. The highest BCUT2D eigenvalue weighted by Gasteiger charge is 2.42. The van der Waals surface area contributed by atoms with Crippen molar-refractivity contribution in [1.29, 1.82) is 0 Å². The van der Waals surface area contributed by atoms with E-state index in [2.05, 4.69) is 5.32 Å². The maximum absolute atomic E-state index is 13.0. The number of hydrogen-bond donors (Lipinski definition) is 1. The Morgan fingerprint density at radius 3 is 2.26 bits per heavy atom. The van der Waals surface area contributed by atoms with Crippen LogP contribution in [0.1, 0.15) is 19.3 Å². The Morgan fingerprint density at radius 1 is 1.17 bits per heavy atom. The summed E-state index contributed by atoms with van der Waals surface area (Å²) < 4.78 is 50.3. The van der Waals surface area contributed by atoms with Gasteiger partial charge in [0.15, 0.2) is 0 Å². The fourth-order valence-electron chi connectivity index (χ4n) is 2.79. The van der Waals surface area contributed by atoms with E-state index < -0.39 is 18.9 Å². The SMILES string of the molecule is Cl.Cl.O=C(CC1CCCN1)N1CCN(CC(F)(F)C(F)F)CC1. The number of amides is 1. The van der Waals surface area contributed by atoms with Gasteiger partial charge < -0.3 is 10.2 Å². The zero-order valence-electron chi connectivity index (χ0n) is 12.6. The normalized spacial score (nSPS) is 22.7. The van der Waals surface area contributed by atoms with Crippen molar-refractivity contribution in [3.63, 3.8) is 0 Å². The summed E-state index contributed by atoms with van der Waals surface area (Å²) in [6, 6.07) is 0.207. The molecule has 2 aliphatic heterocycles. The second kappa shape index (κ2) is 9.86. The minimum Gasteiger partial charge on any atom is -0.340 e. The zero-order valence-corrected chi connectivity index (χ0v) is 14.3. The molecular weight excluding hydrogens is 361 g/mol. The maximum Gasteiger partial charge on any atom is 0.319 e. The van der Waals surface area contributed by atoms with Gasteiger partial charge in [-0.25, -0.2) is 8.78 Å². The van der Waals surface area contributed by atoms with Gasteiger partial charge in [0.25, 0.3) is 0 Å². The number of halogens is 6. The first-order chi connectivity index (χ1) is 9.88. The van der Waals surface area contributed by atoms with Crippen LogP contribution in [0.4, 0.5) is 17.6 Å². The Hall–Kier alpha value is -0.310. The number of alkyl halides is 4. The average Bonchev–Trinajstić information content (AvgIpc) is 2.91. The predicted octanol–water partition coefficient (Wildman–Crippen LogP) is 2.02. The van der Waals surface area contributed by atoms with E-state index in [9.17, 15) is 22.4 Å². The lowest BCUT2D eigenvalue weighted by molar-refractivity contribution is -0.148. The van der Waals surface area contributed by atoms with Crippen LogP contribution in [0.15, 0.2) is 0 Å². The zero-order chi connectivity index (χ0) is 15.5. The second-order valence-corrected chi connectivity index (χ2v) is 5.72. The molecule has 0 aromatic rings. The second-order valence-electron chi connectivity index (χ2n) is 5.72. The number of nitrogens with one attached hydrogen (secondary N) is 1. The molecule has 0 aromatic heterocycles. The van der Waals surface area contributed by atoms with Gasteiger partial charge in [0, 0.05) is 38.6 Å². The van der Waals surface area contributed by atoms with Gasteiger partial charge in [0.2, 0.25) is 5.91 Å². The van der Waals surface area contributed by atoms with Crippen molar-refractivity contribution in [2.24, 2.45) is 0 Å². The Bertz CT molecular complexity index is 363. The highest BCUT2D eigenvalue weighted by molar-refractivity contribution is 5.85. The van der Waals surface area contributed by atoms with E-state index in [0.717, 1.165) is 19.4 Å². The summed E-state index contributed by atoms with van der Waals surface area (Å²) in [4.78, 5) is 15.0. The molecule has 2 rings (SSSR count). The van der Waals surface area contributed by atoms with E-state index >= 15 is 0 Å². The van der Waals surface area contributed by atoms with E-state index in [1.807, 2.05) is 0 Å². The van der Waals surface area contributed by atoms with Crippen molar-refractivity contribution in [3.05, 3.63) is 0 Å². The van der Waals surface area contributed by atoms with Gasteiger partial charge in [-0.1, -0.05) is 0 Å². The number of piperazine rings is 1. The van der Waals surface area contributed by atoms with E-state index in [4.69, 9.17) is 0 Å². The van der Waals surface area contributed by atoms with E-state index in [0.29, 0.717) is 19.5 Å². The van der Waals surface area contributed by atoms with Crippen LogP contribution in [0.2, 0.25) is 0 Å². The highest BCUT2D eigenvalue weighted by atomic mass is 35.5. The molecule has 1 unspecified atom stereocenters. The maximum atomic E-state index is 13.0. The molecule has 0 saturated carbocycles. The number of rotatable bonds is 5. The standard InChI is InChI=1S/C13H21F4N3O.2ClH/c14-12(15)13(16,17)9-19-4-6-20(7-5-19)11(21)8-10-2-1-3-18-10;;/h10,12,18H,1-9H2;2*1H. The van der Waals surface area contributed by atoms with Crippen LogP contribution in [0, 0.1) is 0 Å². The topological polar surface area (TPSA) is 35.6 Å². The summed E-state index contributed by atoms with van der Waals surface area (Å²) in [6.45, 7) is 1.05. The molecule has 2 saturated heterocycles. The molecule has 2 heterocycles. The van der Waals surface area contributed by atoms with Gasteiger partial charge >= 0.3 is 12.3 Å². The van der Waals surface area contributed by atoms with Crippen LogP contribution < -0.4 is 5.32 Å². The smallest absolute Gasteiger partial charge is 0.319 e. The first-order valence-electron chi connectivity index (χ1n) is 7.28. The average molecular weight is 384 g/mol. The molecule has 4 nitrogen and oxygen atoms in total. The van der Waals surface area contributed by atoms with Gasteiger partial charge in [-0.2, -0.15) is 8.78 Å². The molecule has 2 fully saturated rings. The number of hydrogen-bond acceptors (Lipinski definition) is 3. The lowest BCUT2D eigenvalue weighted by Gasteiger charge is -2.36. The summed E-state index contributed by atoms with van der Waals surface area (Å²) in [6.07, 6.45) is -1.18. The summed E-state index contributed by atoms with van der Waals surface area (Å²) in [5.41, 5.74) is 0. The van der Waals surface area contributed by atoms with Gasteiger partial charge in [-0.05, 0) is 19.4 Å². The third-order valence-electron chi connectivity index (χ3n) is 4.06. The van der Waals surface area contributed by atoms with Crippen molar-refractivity contribution in [3.8, 4) is 0 Å². The fraction of sp³-hybridized carbons (Fsp3) is 0.923. The van der Waals surface area contributed by atoms with Gasteiger partial charge in [-0.15, -0.1) is 24.8 Å². The third-order valence-corrected chi connectivity index (χ3v) is 4.06. The predicted molar refractivity (Wildman–Crippen MR) is 84.1 cm³/mol. The Morgan fingerprint density at radius 2 is 1.78 bits per heavy atom. The Balaban J connectivity index is 0.00000242. The highest BCUT2D eigenvalue weighted by Crippen LogP contribution is 2.24. The molecule has 0 radical (unpaired) electrons. The van der Waals surface area contributed by atoms with Crippen LogP contribution in [0.5, 0.6) is 0 Å². The van der Waals surface area contributed by atoms with Crippen molar-refractivity contribution < 1.29 is 22.4 Å². The Labute approximate surface area is 145 Å². The van der Waals surface area contributed by atoms with E-state index in [1.165, 1.54) is 4.90 Å². The van der Waals surface area contributed by atoms with E-state index in [-0.39, 0.29) is 49.9 Å². The van der Waals surface area contributed by atoms with Crippen LogP contribution in [0.25, 0.3) is 0 Å². The first-order valence-corrected chi connectivity index (χ1v) is 7.28. The number of nitrogens with zero attached hydrogens (tertiary/aromatic N) is 2. The first kappa shape index (κ1) is 22.7. The Kier molecular flexibility index (Phi) is 9.73. The van der Waals surface area contributed by atoms with Crippen molar-refractivity contribution in [2.75, 3.05) is 39.3 Å². The minimum absolute atomic E-state index is 0. The fourth-order valence-corrected chi connectivity index (χ4v) is 2.79. The lowest BCUT2D eigenvalue weighted by atomic mass is 10.1. The van der Waals surface area contributed by atoms with Crippen molar-refractivity contribution in [2.45, 2.75) is 37.7 Å². The van der Waals surface area contributed by atoms with Crippen LogP contribution in [-0.2, 0) is 4.79 Å².